The quantitative estimate of drug-likeness (QED) is 0.421. The zero-order chi connectivity index (χ0) is 20.3. The Hall–Kier alpha value is -2.64. The van der Waals surface area contributed by atoms with E-state index in [-0.39, 0.29) is 11.3 Å². The van der Waals surface area contributed by atoms with Crippen LogP contribution in [-0.4, -0.2) is 55.5 Å². The molecule has 0 unspecified atom stereocenters. The van der Waals surface area contributed by atoms with Gasteiger partial charge >= 0.3 is 0 Å². The summed E-state index contributed by atoms with van der Waals surface area (Å²) < 4.78 is 5.50. The van der Waals surface area contributed by atoms with Crippen LogP contribution < -0.4 is 9.64 Å². The van der Waals surface area contributed by atoms with E-state index in [1.165, 1.54) is 16.2 Å². The molecule has 3 rings (SSSR count). The molecule has 7 heteroatoms. The molecule has 1 atom stereocenters. The first-order valence-corrected chi connectivity index (χ1v) is 10.2. The number of nitrogens with one attached hydrogen (secondary N) is 1. The topological polar surface area (TPSA) is 71.3 Å². The molecule has 0 radical (unpaired) electrons. The van der Waals surface area contributed by atoms with Crippen LogP contribution in [0.15, 0.2) is 47.4 Å². The number of Topliss-reactive ketones (excluding diaryl/α,β-unsaturated/α-hetero) is 1. The summed E-state index contributed by atoms with van der Waals surface area (Å²) >= 11 is 1.47. The lowest BCUT2D eigenvalue weighted by Crippen LogP contribution is -3.06. The Kier molecular flexibility index (Phi) is 6.16. The third-order valence-electron chi connectivity index (χ3n) is 4.62. The van der Waals surface area contributed by atoms with Crippen LogP contribution in [0.2, 0.25) is 0 Å². The number of likely N-dealkylation sites (N-methyl/N-ethyl adjacent to an activating group) is 1. The van der Waals surface area contributed by atoms with Crippen molar-refractivity contribution in [3.63, 3.8) is 0 Å². The van der Waals surface area contributed by atoms with Gasteiger partial charge in [0.2, 0.25) is 0 Å². The van der Waals surface area contributed by atoms with Gasteiger partial charge in [0.25, 0.3) is 11.7 Å². The van der Waals surface area contributed by atoms with E-state index in [1.807, 2.05) is 38.5 Å². The molecule has 2 N–H and O–H groups in total. The molecule has 2 heterocycles. The molecule has 0 bridgehead atoms. The highest BCUT2D eigenvalue weighted by Crippen LogP contribution is 2.41. The lowest BCUT2D eigenvalue weighted by atomic mass is 9.99. The molecule has 6 nitrogen and oxygen atoms in total. The van der Waals surface area contributed by atoms with Gasteiger partial charge in [0.05, 0.1) is 45.4 Å². The van der Waals surface area contributed by atoms with Crippen LogP contribution in [0.5, 0.6) is 5.75 Å². The molecule has 1 aliphatic rings. The number of rotatable bonds is 7. The summed E-state index contributed by atoms with van der Waals surface area (Å²) in [7, 11) is 3.99. The predicted molar refractivity (Wildman–Crippen MR) is 109 cm³/mol. The molecule has 1 aromatic heterocycles. The fourth-order valence-electron chi connectivity index (χ4n) is 3.25. The fourth-order valence-corrected chi connectivity index (χ4v) is 4.10. The predicted octanol–water partition coefficient (Wildman–Crippen LogP) is 1.71. The van der Waals surface area contributed by atoms with Crippen LogP contribution >= 0.6 is 11.3 Å². The minimum absolute atomic E-state index is 0.134. The Morgan fingerprint density at radius 1 is 1.25 bits per heavy atom. The normalized spacial score (nSPS) is 18.9. The first-order valence-electron chi connectivity index (χ1n) is 9.28. The number of aliphatic hydroxyl groups excluding tert-OH is 1. The summed E-state index contributed by atoms with van der Waals surface area (Å²) in [4.78, 5) is 29.2. The molecule has 1 aromatic carbocycles. The zero-order valence-corrected chi connectivity index (χ0v) is 17.1. The van der Waals surface area contributed by atoms with Crippen molar-refractivity contribution in [1.82, 2.24) is 4.90 Å². The molecule has 28 heavy (non-hydrogen) atoms. The van der Waals surface area contributed by atoms with Crippen molar-refractivity contribution < 1.29 is 24.3 Å². The third-order valence-corrected chi connectivity index (χ3v) is 5.55. The van der Waals surface area contributed by atoms with E-state index in [9.17, 15) is 14.7 Å². The number of hydrogen-bond acceptors (Lipinski definition) is 5. The van der Waals surface area contributed by atoms with Gasteiger partial charge in [-0.05, 0) is 30.5 Å². The summed E-state index contributed by atoms with van der Waals surface area (Å²) in [6.07, 6.45) is 0. The number of benzene rings is 1. The Morgan fingerprint density at radius 3 is 2.68 bits per heavy atom. The van der Waals surface area contributed by atoms with E-state index in [4.69, 9.17) is 4.74 Å². The largest absolute Gasteiger partial charge is 0.507 e. The van der Waals surface area contributed by atoms with Crippen molar-refractivity contribution in [2.75, 3.05) is 33.8 Å². The second-order valence-electron chi connectivity index (χ2n) is 6.93. The van der Waals surface area contributed by atoms with Crippen molar-refractivity contribution in [1.29, 1.82) is 0 Å². The molecule has 0 spiro atoms. The van der Waals surface area contributed by atoms with Gasteiger partial charge in [0.1, 0.15) is 11.5 Å². The average molecular weight is 402 g/mol. The number of nitrogens with zero attached hydrogens (tertiary/aromatic N) is 1. The van der Waals surface area contributed by atoms with Crippen molar-refractivity contribution in [3.05, 3.63) is 57.8 Å². The van der Waals surface area contributed by atoms with Crippen molar-refractivity contribution >= 4 is 28.8 Å². The minimum atomic E-state index is -0.647. The molecule has 1 amide bonds. The number of carbonyl (C=O) groups is 2. The molecule has 2 aromatic rings. The van der Waals surface area contributed by atoms with Crippen molar-refractivity contribution in [2.45, 2.75) is 13.0 Å². The Balaban J connectivity index is 2.08. The SMILES string of the molecule is CCOc1cccc(C(O)=C2C(=O)C(=O)N(CC[NH+](C)C)[C@H]2c2cccs2)c1. The van der Waals surface area contributed by atoms with Gasteiger partial charge in [-0.2, -0.15) is 0 Å². The standard InChI is InChI=1S/C21H24N2O4S/c1-4-27-15-8-5-7-14(13-15)19(24)17-18(16-9-6-12-28-16)23(11-10-22(2)3)21(26)20(17)25/h5-9,12-13,18,24H,4,10-11H2,1-3H3/p+1/t18-/m0/s1. The van der Waals surface area contributed by atoms with Gasteiger partial charge in [-0.15, -0.1) is 11.3 Å². The highest BCUT2D eigenvalue weighted by molar-refractivity contribution is 7.10. The third kappa shape index (κ3) is 3.95. The summed E-state index contributed by atoms with van der Waals surface area (Å²) in [5.74, 6) is -0.781. The number of ether oxygens (including phenoxy) is 1. The van der Waals surface area contributed by atoms with Crippen molar-refractivity contribution in [3.8, 4) is 5.75 Å². The second-order valence-corrected chi connectivity index (χ2v) is 7.91. The van der Waals surface area contributed by atoms with Gasteiger partial charge in [-0.3, -0.25) is 9.59 Å². The summed E-state index contributed by atoms with van der Waals surface area (Å²) in [6, 6.07) is 10.1. The number of aliphatic hydroxyl groups is 1. The van der Waals surface area contributed by atoms with Gasteiger partial charge < -0.3 is 19.6 Å². The van der Waals surface area contributed by atoms with Crippen LogP contribution in [0.4, 0.5) is 0 Å². The van der Waals surface area contributed by atoms with Crippen LogP contribution in [0.3, 0.4) is 0 Å². The second kappa shape index (κ2) is 8.58. The molecule has 1 fully saturated rings. The first-order chi connectivity index (χ1) is 13.4. The van der Waals surface area contributed by atoms with Gasteiger partial charge in [0.15, 0.2) is 0 Å². The number of hydrogen-bond donors (Lipinski definition) is 2. The Morgan fingerprint density at radius 2 is 2.04 bits per heavy atom. The molecule has 1 saturated heterocycles. The molecule has 0 saturated carbocycles. The van der Waals surface area contributed by atoms with E-state index in [0.29, 0.717) is 31.0 Å². The smallest absolute Gasteiger partial charge is 0.295 e. The molecular formula is C21H25N2O4S+. The zero-order valence-electron chi connectivity index (χ0n) is 16.3. The number of carbonyl (C=O) groups excluding carboxylic acids is 2. The van der Waals surface area contributed by atoms with Crippen molar-refractivity contribution in [2.24, 2.45) is 0 Å². The Labute approximate surface area is 168 Å². The molecular weight excluding hydrogens is 376 g/mol. The number of ketones is 1. The van der Waals surface area contributed by atoms with Gasteiger partial charge in [-0.25, -0.2) is 0 Å². The fraction of sp³-hybridized carbons (Fsp3) is 0.333. The van der Waals surface area contributed by atoms with E-state index in [0.717, 1.165) is 4.88 Å². The average Bonchev–Trinajstić information content (AvgIpc) is 3.28. The van der Waals surface area contributed by atoms with Gasteiger partial charge in [0, 0.05) is 10.4 Å². The number of quaternary nitrogens is 1. The minimum Gasteiger partial charge on any atom is -0.507 e. The maximum atomic E-state index is 12.8. The van der Waals surface area contributed by atoms with Gasteiger partial charge in [-0.1, -0.05) is 18.2 Å². The monoisotopic (exact) mass is 401 g/mol. The van der Waals surface area contributed by atoms with E-state index >= 15 is 0 Å². The highest BCUT2D eigenvalue weighted by atomic mass is 32.1. The number of likely N-dealkylation sites (tertiary alicyclic amines) is 1. The molecule has 0 aliphatic carbocycles. The molecule has 148 valence electrons. The maximum absolute atomic E-state index is 12.8. The molecule has 1 aliphatic heterocycles. The van der Waals surface area contributed by atoms with E-state index in [1.54, 1.807) is 29.2 Å². The Bertz CT molecular complexity index is 890. The van der Waals surface area contributed by atoms with Crippen LogP contribution in [-0.2, 0) is 9.59 Å². The van der Waals surface area contributed by atoms with Crippen LogP contribution in [0.25, 0.3) is 5.76 Å². The highest BCUT2D eigenvalue weighted by Gasteiger charge is 2.46. The van der Waals surface area contributed by atoms with Crippen LogP contribution in [0.1, 0.15) is 23.4 Å². The summed E-state index contributed by atoms with van der Waals surface area (Å²) in [5, 5.41) is 12.9. The van der Waals surface area contributed by atoms with E-state index < -0.39 is 17.7 Å². The summed E-state index contributed by atoms with van der Waals surface area (Å²) in [6.45, 7) is 3.51. The first kappa shape index (κ1) is 20.1. The van der Waals surface area contributed by atoms with E-state index in [2.05, 4.69) is 0 Å². The van der Waals surface area contributed by atoms with Crippen LogP contribution in [0, 0.1) is 0 Å². The number of amides is 1. The maximum Gasteiger partial charge on any atom is 0.295 e. The lowest BCUT2D eigenvalue weighted by Gasteiger charge is -2.24. The number of thiophene rings is 1. The lowest BCUT2D eigenvalue weighted by molar-refractivity contribution is -0.857. The summed E-state index contributed by atoms with van der Waals surface area (Å²) in [5.41, 5.74) is 0.596.